The van der Waals surface area contributed by atoms with Crippen LogP contribution < -0.4 is 15.1 Å². The number of rotatable bonds is 6. The lowest BCUT2D eigenvalue weighted by molar-refractivity contribution is -0.898. The number of nitrogens with one attached hydrogen (secondary N) is 2. The van der Waals surface area contributed by atoms with Gasteiger partial charge in [0.25, 0.3) is 5.91 Å². The van der Waals surface area contributed by atoms with E-state index in [1.54, 1.807) is 42.3 Å². The van der Waals surface area contributed by atoms with Gasteiger partial charge in [0.2, 0.25) is 0 Å². The van der Waals surface area contributed by atoms with Crippen LogP contribution in [0.4, 0.5) is 11.4 Å². The molecule has 3 rings (SSSR count). The lowest BCUT2D eigenvalue weighted by atomic mass is 10.1. The number of carbonyl (C=O) groups excluding carboxylic acids is 2. The van der Waals surface area contributed by atoms with Crippen LogP contribution in [0.15, 0.2) is 42.7 Å². The third-order valence-corrected chi connectivity index (χ3v) is 4.99. The number of aromatic nitrogens is 1. The zero-order valence-corrected chi connectivity index (χ0v) is 16.4. The monoisotopic (exact) mass is 383 g/mol. The smallest absolute Gasteiger partial charge is 0.338 e. The van der Waals surface area contributed by atoms with Crippen molar-refractivity contribution >= 4 is 23.3 Å². The minimum absolute atomic E-state index is 0.256. The van der Waals surface area contributed by atoms with Gasteiger partial charge in [0.05, 0.1) is 61.8 Å². The SMILES string of the molecule is CCOC(=O)c1ccc(N2CC[NH+](CC)CC2)c(NC(=O)c2cccnc2)c1. The Morgan fingerprint density at radius 3 is 2.61 bits per heavy atom. The van der Waals surface area contributed by atoms with Crippen LogP contribution in [0.5, 0.6) is 0 Å². The first kappa shape index (κ1) is 19.8. The van der Waals surface area contributed by atoms with Gasteiger partial charge in [0.1, 0.15) is 0 Å². The molecule has 2 N–H and O–H groups in total. The highest BCUT2D eigenvalue weighted by Gasteiger charge is 2.22. The number of anilines is 2. The Bertz CT molecular complexity index is 818. The van der Waals surface area contributed by atoms with Gasteiger partial charge in [0.15, 0.2) is 0 Å². The van der Waals surface area contributed by atoms with Crippen LogP contribution in [0.3, 0.4) is 0 Å². The molecule has 0 radical (unpaired) electrons. The zero-order valence-electron chi connectivity index (χ0n) is 16.4. The van der Waals surface area contributed by atoms with Gasteiger partial charge in [-0.1, -0.05) is 0 Å². The van der Waals surface area contributed by atoms with E-state index in [-0.39, 0.29) is 5.91 Å². The maximum Gasteiger partial charge on any atom is 0.338 e. The molecule has 2 aromatic rings. The molecule has 1 amide bonds. The number of nitrogens with zero attached hydrogens (tertiary/aromatic N) is 2. The van der Waals surface area contributed by atoms with Crippen LogP contribution in [-0.2, 0) is 4.74 Å². The maximum absolute atomic E-state index is 12.7. The van der Waals surface area contributed by atoms with E-state index in [1.807, 2.05) is 6.07 Å². The van der Waals surface area contributed by atoms with Crippen molar-refractivity contribution in [3.05, 3.63) is 53.9 Å². The molecule has 7 heteroatoms. The fraction of sp³-hybridized carbons (Fsp3) is 0.381. The van der Waals surface area contributed by atoms with Gasteiger partial charge in [-0.15, -0.1) is 0 Å². The van der Waals surface area contributed by atoms with Crippen molar-refractivity contribution in [2.24, 2.45) is 0 Å². The quantitative estimate of drug-likeness (QED) is 0.734. The average molecular weight is 383 g/mol. The second kappa shape index (κ2) is 9.32. The predicted octanol–water partition coefficient (Wildman–Crippen LogP) is 1.24. The van der Waals surface area contributed by atoms with Crippen molar-refractivity contribution in [2.75, 3.05) is 49.5 Å². The molecule has 1 aromatic carbocycles. The Kier molecular flexibility index (Phi) is 6.60. The van der Waals surface area contributed by atoms with Crippen molar-refractivity contribution in [1.29, 1.82) is 0 Å². The van der Waals surface area contributed by atoms with E-state index in [1.165, 1.54) is 6.20 Å². The Balaban J connectivity index is 1.88. The number of carbonyl (C=O) groups is 2. The Morgan fingerprint density at radius 1 is 1.18 bits per heavy atom. The summed E-state index contributed by atoms with van der Waals surface area (Å²) in [7, 11) is 0. The summed E-state index contributed by atoms with van der Waals surface area (Å²) in [4.78, 5) is 32.7. The molecule has 1 fully saturated rings. The number of piperazine rings is 1. The molecular weight excluding hydrogens is 356 g/mol. The van der Waals surface area contributed by atoms with Crippen LogP contribution in [0, 0.1) is 0 Å². The fourth-order valence-corrected chi connectivity index (χ4v) is 3.36. The summed E-state index contributed by atoms with van der Waals surface area (Å²) in [5, 5.41) is 2.95. The highest BCUT2D eigenvalue weighted by atomic mass is 16.5. The summed E-state index contributed by atoms with van der Waals surface area (Å²) in [5.41, 5.74) is 2.42. The van der Waals surface area contributed by atoms with Gasteiger partial charge in [-0.3, -0.25) is 9.78 Å². The minimum Gasteiger partial charge on any atom is -0.462 e. The third-order valence-electron chi connectivity index (χ3n) is 4.99. The van der Waals surface area contributed by atoms with Gasteiger partial charge in [-0.25, -0.2) is 4.79 Å². The molecule has 2 heterocycles. The van der Waals surface area contributed by atoms with E-state index in [4.69, 9.17) is 4.74 Å². The Morgan fingerprint density at radius 2 is 1.96 bits per heavy atom. The van der Waals surface area contributed by atoms with Crippen LogP contribution in [0.2, 0.25) is 0 Å². The van der Waals surface area contributed by atoms with Gasteiger partial charge in [0, 0.05) is 12.4 Å². The van der Waals surface area contributed by atoms with E-state index in [0.717, 1.165) is 38.4 Å². The molecule has 7 nitrogen and oxygen atoms in total. The predicted molar refractivity (Wildman–Crippen MR) is 108 cm³/mol. The number of likely N-dealkylation sites (N-methyl/N-ethyl adjacent to an activating group) is 1. The fourth-order valence-electron chi connectivity index (χ4n) is 3.36. The molecule has 0 aliphatic carbocycles. The van der Waals surface area contributed by atoms with E-state index >= 15 is 0 Å². The van der Waals surface area contributed by atoms with Crippen molar-refractivity contribution in [3.8, 4) is 0 Å². The van der Waals surface area contributed by atoms with E-state index < -0.39 is 5.97 Å². The molecule has 148 valence electrons. The van der Waals surface area contributed by atoms with E-state index in [9.17, 15) is 9.59 Å². The third kappa shape index (κ3) is 4.67. The van der Waals surface area contributed by atoms with Crippen molar-refractivity contribution < 1.29 is 19.2 Å². The summed E-state index contributed by atoms with van der Waals surface area (Å²) >= 11 is 0. The summed E-state index contributed by atoms with van der Waals surface area (Å²) in [6.07, 6.45) is 3.15. The molecule has 0 bridgehead atoms. The molecule has 0 atom stereocenters. The van der Waals surface area contributed by atoms with Gasteiger partial charge in [-0.05, 0) is 44.2 Å². The standard InChI is InChI=1S/C21H26N4O3/c1-3-24-10-12-25(13-11-24)19-8-7-16(21(27)28-4-2)14-18(19)23-20(26)17-6-5-9-22-15-17/h5-9,14-15H,3-4,10-13H2,1-2H3,(H,23,26)/p+1. The number of benzene rings is 1. The first-order valence-corrected chi connectivity index (χ1v) is 9.73. The zero-order chi connectivity index (χ0) is 19.9. The second-order valence-electron chi connectivity index (χ2n) is 6.74. The molecular formula is C21H27N4O3+. The van der Waals surface area contributed by atoms with Gasteiger partial charge >= 0.3 is 5.97 Å². The summed E-state index contributed by atoms with van der Waals surface area (Å²) < 4.78 is 5.11. The molecule has 1 aliphatic rings. The number of quaternary nitrogens is 1. The minimum atomic E-state index is -0.397. The van der Waals surface area contributed by atoms with Gasteiger partial charge < -0.3 is 19.9 Å². The second-order valence-corrected chi connectivity index (χ2v) is 6.74. The van der Waals surface area contributed by atoms with Crippen LogP contribution in [0.1, 0.15) is 34.6 Å². The Labute approximate surface area is 165 Å². The van der Waals surface area contributed by atoms with Crippen LogP contribution in [-0.4, -0.2) is 56.2 Å². The lowest BCUT2D eigenvalue weighted by Gasteiger charge is -2.34. The van der Waals surface area contributed by atoms with Gasteiger partial charge in [-0.2, -0.15) is 0 Å². The first-order chi connectivity index (χ1) is 13.6. The van der Waals surface area contributed by atoms with Crippen molar-refractivity contribution in [1.82, 2.24) is 4.98 Å². The molecule has 1 saturated heterocycles. The number of hydrogen-bond donors (Lipinski definition) is 2. The molecule has 0 spiro atoms. The van der Waals surface area contributed by atoms with E-state index in [0.29, 0.717) is 23.4 Å². The highest BCUT2D eigenvalue weighted by molar-refractivity contribution is 6.06. The van der Waals surface area contributed by atoms with Crippen molar-refractivity contribution in [3.63, 3.8) is 0 Å². The topological polar surface area (TPSA) is 76.0 Å². The maximum atomic E-state index is 12.7. The lowest BCUT2D eigenvalue weighted by Crippen LogP contribution is -3.14. The molecule has 0 unspecified atom stereocenters. The molecule has 1 aromatic heterocycles. The number of ether oxygens (including phenoxy) is 1. The molecule has 28 heavy (non-hydrogen) atoms. The average Bonchev–Trinajstić information content (AvgIpc) is 2.74. The van der Waals surface area contributed by atoms with Crippen molar-refractivity contribution in [2.45, 2.75) is 13.8 Å². The van der Waals surface area contributed by atoms with Crippen LogP contribution in [0.25, 0.3) is 0 Å². The summed E-state index contributed by atoms with van der Waals surface area (Å²) in [6.45, 7) is 9.28. The summed E-state index contributed by atoms with van der Waals surface area (Å²) in [5.74, 6) is -0.653. The number of hydrogen-bond acceptors (Lipinski definition) is 5. The molecule has 1 aliphatic heterocycles. The highest BCUT2D eigenvalue weighted by Crippen LogP contribution is 2.28. The number of esters is 1. The number of amides is 1. The Hall–Kier alpha value is -2.93. The number of pyridine rings is 1. The first-order valence-electron chi connectivity index (χ1n) is 9.73. The largest absolute Gasteiger partial charge is 0.462 e. The summed E-state index contributed by atoms with van der Waals surface area (Å²) in [6, 6.07) is 8.77. The molecule has 0 saturated carbocycles. The van der Waals surface area contributed by atoms with Crippen LogP contribution >= 0.6 is 0 Å². The van der Waals surface area contributed by atoms with E-state index in [2.05, 4.69) is 22.1 Å². The normalized spacial score (nSPS) is 14.6.